The number of nitrogens with zero attached hydrogens (tertiary/aromatic N) is 5. The summed E-state index contributed by atoms with van der Waals surface area (Å²) in [5.74, 6) is 0.622. The quantitative estimate of drug-likeness (QED) is 0.302. The van der Waals surface area contributed by atoms with Crippen LogP contribution in [0.2, 0.25) is 0 Å². The number of nitrogens with one attached hydrogen (secondary N) is 1. The van der Waals surface area contributed by atoms with Crippen molar-refractivity contribution in [3.8, 4) is 0 Å². The monoisotopic (exact) mass is 442 g/mol. The number of fused-ring (bicyclic) bond motifs is 3. The number of aromatic nitrogens is 4. The molecule has 0 bridgehead atoms. The first-order valence-electron chi connectivity index (χ1n) is 10.4. The van der Waals surface area contributed by atoms with Crippen LogP contribution in [-0.2, 0) is 16.1 Å². The number of amides is 1. The van der Waals surface area contributed by atoms with Gasteiger partial charge in [0.15, 0.2) is 5.16 Å². The summed E-state index contributed by atoms with van der Waals surface area (Å²) in [6.07, 6.45) is 2.56. The number of morpholine rings is 1. The van der Waals surface area contributed by atoms with Gasteiger partial charge in [-0.05, 0) is 25.1 Å². The van der Waals surface area contributed by atoms with Crippen molar-refractivity contribution in [3.63, 3.8) is 0 Å². The van der Waals surface area contributed by atoms with Crippen LogP contribution in [-0.4, -0.2) is 75.1 Å². The molecule has 0 radical (unpaired) electrons. The maximum atomic E-state index is 12.8. The molecule has 1 fully saturated rings. The van der Waals surface area contributed by atoms with Gasteiger partial charge in [-0.1, -0.05) is 30.0 Å². The molecular formula is C21H26N6O3S. The highest BCUT2D eigenvalue weighted by Crippen LogP contribution is 2.21. The second-order valence-corrected chi connectivity index (χ2v) is 8.23. The number of thioether (sulfide) groups is 1. The summed E-state index contributed by atoms with van der Waals surface area (Å²) in [5, 5.41) is 12.6. The van der Waals surface area contributed by atoms with Crippen LogP contribution in [0.4, 0.5) is 0 Å². The van der Waals surface area contributed by atoms with Gasteiger partial charge in [0.05, 0.1) is 29.9 Å². The number of benzene rings is 1. The lowest BCUT2D eigenvalue weighted by Crippen LogP contribution is -2.38. The Morgan fingerprint density at radius 1 is 1.26 bits per heavy atom. The Hall–Kier alpha value is -2.69. The highest BCUT2D eigenvalue weighted by atomic mass is 32.2. The smallest absolute Gasteiger partial charge is 0.263 e. The van der Waals surface area contributed by atoms with Crippen LogP contribution >= 0.6 is 11.8 Å². The van der Waals surface area contributed by atoms with Crippen LogP contribution in [0.3, 0.4) is 0 Å². The van der Waals surface area contributed by atoms with Crippen molar-refractivity contribution in [3.05, 3.63) is 47.3 Å². The van der Waals surface area contributed by atoms with Gasteiger partial charge < -0.3 is 10.1 Å². The summed E-state index contributed by atoms with van der Waals surface area (Å²) >= 11 is 1.31. The molecule has 1 aliphatic heterocycles. The average Bonchev–Trinajstić information content (AvgIpc) is 3.23. The Bertz CT molecular complexity index is 1140. The van der Waals surface area contributed by atoms with E-state index in [2.05, 4.69) is 27.0 Å². The first kappa shape index (κ1) is 21.5. The van der Waals surface area contributed by atoms with Gasteiger partial charge >= 0.3 is 0 Å². The lowest BCUT2D eigenvalue weighted by atomic mass is 10.2. The zero-order valence-corrected chi connectivity index (χ0v) is 18.1. The number of allylic oxidation sites excluding steroid dienone is 1. The molecule has 2 aromatic heterocycles. The first-order valence-corrected chi connectivity index (χ1v) is 11.3. The lowest BCUT2D eigenvalue weighted by molar-refractivity contribution is -0.118. The third-order valence-electron chi connectivity index (χ3n) is 5.20. The van der Waals surface area contributed by atoms with E-state index in [0.29, 0.717) is 29.4 Å². The molecule has 0 unspecified atom stereocenters. The summed E-state index contributed by atoms with van der Waals surface area (Å²) in [5.41, 5.74) is 0.589. The van der Waals surface area contributed by atoms with Crippen LogP contribution < -0.4 is 10.9 Å². The summed E-state index contributed by atoms with van der Waals surface area (Å²) in [4.78, 5) is 27.5. The Labute approximate surface area is 184 Å². The zero-order chi connectivity index (χ0) is 21.6. The minimum Gasteiger partial charge on any atom is -0.379 e. The van der Waals surface area contributed by atoms with E-state index in [-0.39, 0.29) is 17.2 Å². The molecule has 0 spiro atoms. The second kappa shape index (κ2) is 10.1. The van der Waals surface area contributed by atoms with Gasteiger partial charge in [0.2, 0.25) is 11.7 Å². The number of hydrogen-bond donors (Lipinski definition) is 1. The van der Waals surface area contributed by atoms with E-state index in [1.54, 1.807) is 12.1 Å². The highest BCUT2D eigenvalue weighted by molar-refractivity contribution is 7.99. The Morgan fingerprint density at radius 2 is 2.06 bits per heavy atom. The number of hydrogen-bond acceptors (Lipinski definition) is 7. The van der Waals surface area contributed by atoms with Gasteiger partial charge in [-0.3, -0.25) is 23.5 Å². The molecule has 0 atom stereocenters. The summed E-state index contributed by atoms with van der Waals surface area (Å²) in [6.45, 7) is 9.13. The van der Waals surface area contributed by atoms with Gasteiger partial charge in [-0.25, -0.2) is 0 Å². The van der Waals surface area contributed by atoms with Crippen LogP contribution in [0.25, 0.3) is 16.7 Å². The lowest BCUT2D eigenvalue weighted by Gasteiger charge is -2.26. The van der Waals surface area contributed by atoms with E-state index in [1.165, 1.54) is 16.3 Å². The largest absolute Gasteiger partial charge is 0.379 e. The molecule has 1 N–H and O–H groups in total. The number of ether oxygens (including phenoxy) is 1. The molecule has 1 aromatic carbocycles. The number of carbonyl (C=O) groups is 1. The molecule has 9 nitrogen and oxygen atoms in total. The minimum atomic E-state index is -0.134. The van der Waals surface area contributed by atoms with E-state index in [1.807, 2.05) is 22.6 Å². The van der Waals surface area contributed by atoms with Gasteiger partial charge in [-0.2, -0.15) is 0 Å². The van der Waals surface area contributed by atoms with E-state index in [0.717, 1.165) is 44.8 Å². The van der Waals surface area contributed by atoms with Crippen LogP contribution in [0.15, 0.2) is 46.9 Å². The fourth-order valence-electron chi connectivity index (χ4n) is 3.66. The predicted molar refractivity (Wildman–Crippen MR) is 121 cm³/mol. The maximum Gasteiger partial charge on any atom is 0.263 e. The molecule has 164 valence electrons. The Morgan fingerprint density at radius 3 is 2.87 bits per heavy atom. The molecule has 3 aromatic rings. The predicted octanol–water partition coefficient (Wildman–Crippen LogP) is 1.16. The SMILES string of the molecule is C=CCn1c(=O)c2ccccc2n2c(SCC(=O)NCCCN3CCOCC3)nnc12. The Kier molecular flexibility index (Phi) is 7.00. The van der Waals surface area contributed by atoms with Crippen molar-refractivity contribution >= 4 is 34.3 Å². The summed E-state index contributed by atoms with van der Waals surface area (Å²) in [6, 6.07) is 7.34. The van der Waals surface area contributed by atoms with Gasteiger partial charge in [0.25, 0.3) is 5.56 Å². The van der Waals surface area contributed by atoms with E-state index in [9.17, 15) is 9.59 Å². The number of rotatable bonds is 9. The summed E-state index contributed by atoms with van der Waals surface area (Å²) < 4.78 is 8.72. The summed E-state index contributed by atoms with van der Waals surface area (Å²) in [7, 11) is 0. The van der Waals surface area contributed by atoms with E-state index >= 15 is 0 Å². The molecule has 0 aliphatic carbocycles. The maximum absolute atomic E-state index is 12.8. The van der Waals surface area contributed by atoms with Crippen molar-refractivity contribution < 1.29 is 9.53 Å². The standard InChI is InChI=1S/C21H26N6O3S/c1-2-9-26-19(29)16-6-3-4-7-17(16)27-20(26)23-24-21(27)31-15-18(28)22-8-5-10-25-11-13-30-14-12-25/h2-4,6-7H,1,5,8-15H2,(H,22,28). The van der Waals surface area contributed by atoms with Crippen LogP contribution in [0, 0.1) is 0 Å². The van der Waals surface area contributed by atoms with Gasteiger partial charge in [0, 0.05) is 26.2 Å². The zero-order valence-electron chi connectivity index (χ0n) is 17.3. The molecule has 4 rings (SSSR count). The molecule has 1 amide bonds. The average molecular weight is 443 g/mol. The van der Waals surface area contributed by atoms with E-state index < -0.39 is 0 Å². The minimum absolute atomic E-state index is 0.0487. The first-order chi connectivity index (χ1) is 15.2. The Balaban J connectivity index is 1.42. The van der Waals surface area contributed by atoms with Crippen molar-refractivity contribution in [1.29, 1.82) is 0 Å². The highest BCUT2D eigenvalue weighted by Gasteiger charge is 2.17. The van der Waals surface area contributed by atoms with Crippen molar-refractivity contribution in [2.45, 2.75) is 18.1 Å². The second-order valence-electron chi connectivity index (χ2n) is 7.29. The molecule has 3 heterocycles. The molecule has 10 heteroatoms. The molecular weight excluding hydrogens is 416 g/mol. The number of para-hydroxylation sites is 1. The van der Waals surface area contributed by atoms with Crippen molar-refractivity contribution in [2.24, 2.45) is 0 Å². The van der Waals surface area contributed by atoms with Crippen molar-refractivity contribution in [2.75, 3.05) is 45.1 Å². The molecule has 31 heavy (non-hydrogen) atoms. The number of carbonyl (C=O) groups excluding carboxylic acids is 1. The van der Waals surface area contributed by atoms with E-state index in [4.69, 9.17) is 4.74 Å². The van der Waals surface area contributed by atoms with Gasteiger partial charge in [-0.15, -0.1) is 16.8 Å². The third kappa shape index (κ3) is 4.81. The topological polar surface area (TPSA) is 93.8 Å². The molecule has 1 aliphatic rings. The van der Waals surface area contributed by atoms with Gasteiger partial charge in [0.1, 0.15) is 0 Å². The normalized spacial score (nSPS) is 14.8. The molecule has 1 saturated heterocycles. The van der Waals surface area contributed by atoms with Crippen LogP contribution in [0.5, 0.6) is 0 Å². The van der Waals surface area contributed by atoms with Crippen LogP contribution in [0.1, 0.15) is 6.42 Å². The molecule has 0 saturated carbocycles. The van der Waals surface area contributed by atoms with Crippen molar-refractivity contribution in [1.82, 2.24) is 29.4 Å². The fourth-order valence-corrected chi connectivity index (χ4v) is 4.43. The third-order valence-corrected chi connectivity index (χ3v) is 6.13. The fraction of sp³-hybridized carbons (Fsp3) is 0.429.